The summed E-state index contributed by atoms with van der Waals surface area (Å²) in [6.45, 7) is 10.7. The van der Waals surface area contributed by atoms with Crippen LogP contribution >= 0.6 is 0 Å². The molecule has 2 aromatic rings. The van der Waals surface area contributed by atoms with Gasteiger partial charge in [-0.1, -0.05) is 20.8 Å². The number of hydrogen-bond acceptors (Lipinski definition) is 2. The summed E-state index contributed by atoms with van der Waals surface area (Å²) in [7, 11) is -1.79. The molecule has 0 amide bonds. The number of furan rings is 1. The van der Waals surface area contributed by atoms with E-state index in [1.807, 2.05) is 6.92 Å². The molecular weight excluding hydrogens is 362 g/mol. The van der Waals surface area contributed by atoms with Crippen molar-refractivity contribution in [1.29, 1.82) is 0 Å². The van der Waals surface area contributed by atoms with Crippen molar-refractivity contribution in [3.05, 3.63) is 58.5 Å². The number of benzene rings is 1. The van der Waals surface area contributed by atoms with Crippen LogP contribution in [0.15, 0.2) is 28.9 Å². The molecule has 1 heterocycles. The molecule has 0 aliphatic carbocycles. The van der Waals surface area contributed by atoms with Crippen LogP contribution in [-0.2, 0) is 10.8 Å². The Bertz CT molecular complexity index is 690. The van der Waals surface area contributed by atoms with Crippen molar-refractivity contribution in [2.24, 2.45) is 0 Å². The van der Waals surface area contributed by atoms with E-state index in [9.17, 15) is 8.78 Å². The molecular formula is C22H32F2O2Si. The van der Waals surface area contributed by atoms with Crippen LogP contribution in [0.3, 0.4) is 0 Å². The average Bonchev–Trinajstić information content (AvgIpc) is 2.96. The lowest BCUT2D eigenvalue weighted by molar-refractivity contribution is 0.174. The fourth-order valence-corrected chi connectivity index (χ4v) is 6.71. The molecule has 0 aliphatic heterocycles. The van der Waals surface area contributed by atoms with Crippen LogP contribution in [0.2, 0.25) is 18.1 Å². The lowest BCUT2D eigenvalue weighted by Crippen LogP contribution is -2.37. The molecule has 150 valence electrons. The Hall–Kier alpha value is -1.46. The maximum atomic E-state index is 13.4. The third-order valence-electron chi connectivity index (χ3n) is 5.72. The van der Waals surface area contributed by atoms with Crippen molar-refractivity contribution in [3.8, 4) is 0 Å². The molecule has 0 saturated carbocycles. The van der Waals surface area contributed by atoms with Gasteiger partial charge in [-0.3, -0.25) is 0 Å². The lowest BCUT2D eigenvalue weighted by atomic mass is 9.99. The molecule has 1 atom stereocenters. The minimum Gasteiger partial charge on any atom is -0.469 e. The van der Waals surface area contributed by atoms with E-state index in [1.54, 1.807) is 6.26 Å². The first-order valence-corrected chi connectivity index (χ1v) is 12.5. The van der Waals surface area contributed by atoms with Crippen LogP contribution in [0, 0.1) is 25.5 Å². The summed E-state index contributed by atoms with van der Waals surface area (Å²) in [4.78, 5) is 0. The van der Waals surface area contributed by atoms with E-state index in [0.29, 0.717) is 12.0 Å². The molecule has 5 heteroatoms. The first-order valence-electron chi connectivity index (χ1n) is 10.0. The van der Waals surface area contributed by atoms with E-state index in [0.717, 1.165) is 53.9 Å². The topological polar surface area (TPSA) is 22.4 Å². The Morgan fingerprint density at radius 2 is 1.59 bits per heavy atom. The third-order valence-corrected chi connectivity index (χ3v) is 10.4. The van der Waals surface area contributed by atoms with E-state index in [1.165, 1.54) is 12.1 Å². The SMILES string of the molecule is CC[Si](CC)(CC)OC(CCCc1cc(F)cc(F)c1)c1c(C)coc1C. The van der Waals surface area contributed by atoms with Crippen molar-refractivity contribution >= 4 is 8.32 Å². The zero-order valence-electron chi connectivity index (χ0n) is 17.2. The number of aryl methyl sites for hydroxylation is 3. The predicted molar refractivity (Wildman–Crippen MR) is 109 cm³/mol. The Labute approximate surface area is 163 Å². The summed E-state index contributed by atoms with van der Waals surface area (Å²) in [6, 6.07) is 6.99. The molecule has 0 aliphatic rings. The van der Waals surface area contributed by atoms with E-state index in [2.05, 4.69) is 27.7 Å². The summed E-state index contributed by atoms with van der Waals surface area (Å²) < 4.78 is 39.3. The molecule has 0 N–H and O–H groups in total. The van der Waals surface area contributed by atoms with E-state index in [4.69, 9.17) is 8.84 Å². The van der Waals surface area contributed by atoms with Crippen LogP contribution in [0.1, 0.15) is 62.2 Å². The Balaban J connectivity index is 2.17. The molecule has 1 unspecified atom stereocenters. The van der Waals surface area contributed by atoms with E-state index < -0.39 is 20.0 Å². The third kappa shape index (κ3) is 5.52. The highest BCUT2D eigenvalue weighted by Crippen LogP contribution is 2.36. The minimum absolute atomic E-state index is 0.0197. The van der Waals surface area contributed by atoms with Crippen molar-refractivity contribution in [2.75, 3.05) is 0 Å². The average molecular weight is 395 g/mol. The zero-order valence-corrected chi connectivity index (χ0v) is 18.2. The fraction of sp³-hybridized carbons (Fsp3) is 0.545. The molecule has 1 aromatic heterocycles. The second-order valence-corrected chi connectivity index (χ2v) is 12.1. The van der Waals surface area contributed by atoms with Gasteiger partial charge in [0.1, 0.15) is 17.4 Å². The smallest absolute Gasteiger partial charge is 0.192 e. The van der Waals surface area contributed by atoms with Gasteiger partial charge in [0.2, 0.25) is 0 Å². The van der Waals surface area contributed by atoms with Gasteiger partial charge in [0, 0.05) is 11.6 Å². The molecule has 2 nitrogen and oxygen atoms in total. The first-order chi connectivity index (χ1) is 12.8. The lowest BCUT2D eigenvalue weighted by Gasteiger charge is -2.33. The Kier molecular flexibility index (Phi) is 7.80. The quantitative estimate of drug-likeness (QED) is 0.396. The van der Waals surface area contributed by atoms with E-state index >= 15 is 0 Å². The van der Waals surface area contributed by atoms with Gasteiger partial charge in [0.15, 0.2) is 8.32 Å². The fourth-order valence-electron chi connectivity index (χ4n) is 3.87. The number of rotatable bonds is 10. The van der Waals surface area contributed by atoms with Gasteiger partial charge in [0.05, 0.1) is 12.4 Å². The number of halogens is 2. The summed E-state index contributed by atoms with van der Waals surface area (Å²) in [5.41, 5.74) is 2.95. The van der Waals surface area contributed by atoms with Crippen molar-refractivity contribution in [1.82, 2.24) is 0 Å². The van der Waals surface area contributed by atoms with Gasteiger partial charge in [-0.05, 0) is 74.5 Å². The van der Waals surface area contributed by atoms with Crippen LogP contribution < -0.4 is 0 Å². The molecule has 0 radical (unpaired) electrons. The maximum absolute atomic E-state index is 13.4. The monoisotopic (exact) mass is 394 g/mol. The Morgan fingerprint density at radius 3 is 2.07 bits per heavy atom. The van der Waals surface area contributed by atoms with Gasteiger partial charge in [0.25, 0.3) is 0 Å². The van der Waals surface area contributed by atoms with Gasteiger partial charge >= 0.3 is 0 Å². The van der Waals surface area contributed by atoms with Crippen LogP contribution in [0.25, 0.3) is 0 Å². The second kappa shape index (κ2) is 9.65. The number of hydrogen-bond donors (Lipinski definition) is 0. The highest BCUT2D eigenvalue weighted by atomic mass is 28.4. The molecule has 0 bridgehead atoms. The minimum atomic E-state index is -1.79. The van der Waals surface area contributed by atoms with Crippen molar-refractivity contribution < 1.29 is 17.6 Å². The van der Waals surface area contributed by atoms with Gasteiger partial charge in [-0.2, -0.15) is 0 Å². The van der Waals surface area contributed by atoms with Crippen LogP contribution in [-0.4, -0.2) is 8.32 Å². The van der Waals surface area contributed by atoms with Crippen LogP contribution in [0.4, 0.5) is 8.78 Å². The normalized spacial score (nSPS) is 13.1. The zero-order chi connectivity index (χ0) is 20.0. The predicted octanol–water partition coefficient (Wildman–Crippen LogP) is 7.26. The summed E-state index contributed by atoms with van der Waals surface area (Å²) in [5.74, 6) is -0.136. The van der Waals surface area contributed by atoms with Gasteiger partial charge in [-0.25, -0.2) is 8.78 Å². The summed E-state index contributed by atoms with van der Waals surface area (Å²) in [5, 5.41) is 0. The summed E-state index contributed by atoms with van der Waals surface area (Å²) in [6.07, 6.45) is 4.01. The van der Waals surface area contributed by atoms with Crippen molar-refractivity contribution in [2.45, 2.75) is 78.1 Å². The molecule has 27 heavy (non-hydrogen) atoms. The second-order valence-electron chi connectivity index (χ2n) is 7.41. The molecule has 0 fully saturated rings. The first kappa shape index (κ1) is 21.8. The highest BCUT2D eigenvalue weighted by molar-refractivity contribution is 6.73. The highest BCUT2D eigenvalue weighted by Gasteiger charge is 2.34. The Morgan fingerprint density at radius 1 is 1.00 bits per heavy atom. The van der Waals surface area contributed by atoms with E-state index in [-0.39, 0.29) is 6.10 Å². The maximum Gasteiger partial charge on any atom is 0.192 e. The molecule has 2 rings (SSSR count). The standard InChI is InChI=1S/C22H32F2O2Si/c1-6-27(7-2,8-3)26-21(22-16(4)15-25-17(22)5)11-9-10-18-12-19(23)14-20(24)13-18/h12-15,21H,6-11H2,1-5H3. The van der Waals surface area contributed by atoms with Gasteiger partial charge < -0.3 is 8.84 Å². The molecule has 0 saturated heterocycles. The van der Waals surface area contributed by atoms with Gasteiger partial charge in [-0.15, -0.1) is 0 Å². The largest absolute Gasteiger partial charge is 0.469 e. The molecule has 0 spiro atoms. The van der Waals surface area contributed by atoms with Crippen LogP contribution in [0.5, 0.6) is 0 Å². The molecule has 1 aromatic carbocycles. The summed E-state index contributed by atoms with van der Waals surface area (Å²) >= 11 is 0. The van der Waals surface area contributed by atoms with Crippen molar-refractivity contribution in [3.63, 3.8) is 0 Å².